The Balaban J connectivity index is 1.78. The van der Waals surface area contributed by atoms with E-state index in [4.69, 9.17) is 0 Å². The normalized spacial score (nSPS) is 11.1. The summed E-state index contributed by atoms with van der Waals surface area (Å²) in [5.41, 5.74) is 4.13. The molecule has 0 amide bonds. The van der Waals surface area contributed by atoms with E-state index >= 15 is 0 Å². The minimum atomic E-state index is 0.941. The van der Waals surface area contributed by atoms with E-state index in [2.05, 4.69) is 37.9 Å². The molecule has 0 N–H and O–H groups in total. The van der Waals surface area contributed by atoms with E-state index in [1.54, 1.807) is 11.0 Å². The van der Waals surface area contributed by atoms with Crippen LogP contribution in [0.3, 0.4) is 0 Å². The highest BCUT2D eigenvalue weighted by atomic mass is 79.9. The van der Waals surface area contributed by atoms with Crippen LogP contribution in [0.4, 0.5) is 5.69 Å². The molecule has 1 heterocycles. The van der Waals surface area contributed by atoms with Gasteiger partial charge in [0.15, 0.2) is 0 Å². The first-order chi connectivity index (χ1) is 10.2. The molecule has 0 spiro atoms. The molecule has 3 aromatic rings. The van der Waals surface area contributed by atoms with Gasteiger partial charge in [-0.15, -0.1) is 0 Å². The molecule has 4 nitrogen and oxygen atoms in total. The highest BCUT2D eigenvalue weighted by Crippen LogP contribution is 2.21. The number of aromatic nitrogens is 3. The van der Waals surface area contributed by atoms with Gasteiger partial charge in [0.05, 0.1) is 11.4 Å². The minimum Gasteiger partial charge on any atom is -0.256 e. The second-order valence-corrected chi connectivity index (χ2v) is 5.48. The van der Waals surface area contributed by atoms with Crippen LogP contribution >= 0.6 is 15.9 Å². The first kappa shape index (κ1) is 13.7. The first-order valence-electron chi connectivity index (χ1n) is 6.48. The summed E-state index contributed by atoms with van der Waals surface area (Å²) in [5.74, 6) is 0. The second-order valence-electron chi connectivity index (χ2n) is 4.62. The lowest BCUT2D eigenvalue weighted by atomic mass is 10.2. The summed E-state index contributed by atoms with van der Waals surface area (Å²) < 4.78 is 2.82. The predicted octanol–water partition coefficient (Wildman–Crippen LogP) is 4.09. The lowest BCUT2D eigenvalue weighted by Crippen LogP contribution is -1.94. The molecule has 0 aliphatic carbocycles. The van der Waals surface area contributed by atoms with Gasteiger partial charge in [0.25, 0.3) is 0 Å². The van der Waals surface area contributed by atoms with Crippen LogP contribution in [0.5, 0.6) is 0 Å². The fraction of sp³-hybridized carbons (Fsp3) is 0.0625. The molecular formula is C16H13BrN4. The zero-order chi connectivity index (χ0) is 14.7. The number of hydrogen-bond donors (Lipinski definition) is 0. The fourth-order valence-electron chi connectivity index (χ4n) is 1.91. The average Bonchev–Trinajstić information content (AvgIpc) is 3.03. The van der Waals surface area contributed by atoms with Crippen molar-refractivity contribution in [3.05, 3.63) is 70.7 Å². The van der Waals surface area contributed by atoms with Gasteiger partial charge in [0.1, 0.15) is 12.7 Å². The van der Waals surface area contributed by atoms with Gasteiger partial charge in [-0.1, -0.05) is 28.1 Å². The number of hydrogen-bond acceptors (Lipinski definition) is 3. The Labute approximate surface area is 131 Å². The maximum atomic E-state index is 4.49. The van der Waals surface area contributed by atoms with Crippen LogP contribution in [0.2, 0.25) is 0 Å². The third kappa shape index (κ3) is 3.25. The molecule has 3 rings (SSSR count). The van der Waals surface area contributed by atoms with Gasteiger partial charge < -0.3 is 0 Å². The van der Waals surface area contributed by atoms with Crippen LogP contribution in [0.15, 0.2) is 64.6 Å². The Morgan fingerprint density at radius 1 is 1.14 bits per heavy atom. The molecule has 0 radical (unpaired) electrons. The Hall–Kier alpha value is -2.27. The van der Waals surface area contributed by atoms with Crippen molar-refractivity contribution in [2.24, 2.45) is 4.99 Å². The molecule has 0 bridgehead atoms. The van der Waals surface area contributed by atoms with E-state index in [-0.39, 0.29) is 0 Å². The van der Waals surface area contributed by atoms with Crippen LogP contribution in [-0.2, 0) is 0 Å². The molecule has 104 valence electrons. The van der Waals surface area contributed by atoms with Crippen LogP contribution in [-0.4, -0.2) is 21.0 Å². The second kappa shape index (κ2) is 6.01. The van der Waals surface area contributed by atoms with E-state index in [0.717, 1.165) is 21.4 Å². The van der Waals surface area contributed by atoms with E-state index in [1.807, 2.05) is 48.7 Å². The Kier molecular flexibility index (Phi) is 3.92. The number of halogens is 1. The van der Waals surface area contributed by atoms with Crippen molar-refractivity contribution < 1.29 is 0 Å². The summed E-state index contributed by atoms with van der Waals surface area (Å²) in [5, 5.41) is 4.10. The molecule has 0 fully saturated rings. The molecule has 2 aromatic carbocycles. The molecule has 0 aliphatic heterocycles. The van der Waals surface area contributed by atoms with Gasteiger partial charge >= 0.3 is 0 Å². The summed E-state index contributed by atoms with van der Waals surface area (Å²) in [6, 6.07) is 14.0. The molecular weight excluding hydrogens is 328 g/mol. The van der Waals surface area contributed by atoms with Crippen molar-refractivity contribution in [3.8, 4) is 5.69 Å². The van der Waals surface area contributed by atoms with E-state index < -0.39 is 0 Å². The van der Waals surface area contributed by atoms with E-state index in [9.17, 15) is 0 Å². The average molecular weight is 341 g/mol. The van der Waals surface area contributed by atoms with Gasteiger partial charge in [0, 0.05) is 10.7 Å². The Bertz CT molecular complexity index is 761. The molecule has 1 aromatic heterocycles. The lowest BCUT2D eigenvalue weighted by Gasteiger charge is -2.01. The number of aryl methyl sites for hydroxylation is 1. The highest BCUT2D eigenvalue weighted by Gasteiger charge is 1.97. The summed E-state index contributed by atoms with van der Waals surface area (Å²) in [7, 11) is 0. The van der Waals surface area contributed by atoms with Gasteiger partial charge in [0.2, 0.25) is 0 Å². The quantitative estimate of drug-likeness (QED) is 0.674. The highest BCUT2D eigenvalue weighted by molar-refractivity contribution is 9.10. The van der Waals surface area contributed by atoms with Gasteiger partial charge in [-0.3, -0.25) is 4.99 Å². The summed E-state index contributed by atoms with van der Waals surface area (Å²) in [4.78, 5) is 8.42. The molecule has 0 atom stereocenters. The molecule has 0 saturated heterocycles. The van der Waals surface area contributed by atoms with Crippen molar-refractivity contribution in [2.75, 3.05) is 0 Å². The minimum absolute atomic E-state index is 0.941. The number of nitrogens with zero attached hydrogens (tertiary/aromatic N) is 4. The zero-order valence-electron chi connectivity index (χ0n) is 11.4. The molecule has 21 heavy (non-hydrogen) atoms. The molecule has 5 heteroatoms. The molecule has 0 unspecified atom stereocenters. The van der Waals surface area contributed by atoms with Crippen LogP contribution < -0.4 is 0 Å². The smallest absolute Gasteiger partial charge is 0.138 e. The SMILES string of the molecule is Cc1cc(N=Cc2ccc(-n3cncn3)cc2)ccc1Br. The molecule has 0 saturated carbocycles. The first-order valence-corrected chi connectivity index (χ1v) is 7.27. The topological polar surface area (TPSA) is 43.1 Å². The van der Waals surface area contributed by atoms with Gasteiger partial charge in [-0.2, -0.15) is 5.10 Å². The largest absolute Gasteiger partial charge is 0.256 e. The number of aliphatic imine (C=N–C) groups is 1. The standard InChI is InChI=1S/C16H13BrN4/c1-12-8-14(4-7-16(12)17)19-9-13-2-5-15(6-3-13)21-11-18-10-20-21/h2-11H,1H3. The van der Waals surface area contributed by atoms with Crippen LogP contribution in [0.1, 0.15) is 11.1 Å². The van der Waals surface area contributed by atoms with Crippen molar-refractivity contribution in [1.29, 1.82) is 0 Å². The maximum Gasteiger partial charge on any atom is 0.138 e. The van der Waals surface area contributed by atoms with E-state index in [0.29, 0.717) is 0 Å². The van der Waals surface area contributed by atoms with Crippen molar-refractivity contribution in [3.63, 3.8) is 0 Å². The van der Waals surface area contributed by atoms with Crippen molar-refractivity contribution in [2.45, 2.75) is 6.92 Å². The predicted molar refractivity (Wildman–Crippen MR) is 87.5 cm³/mol. The Morgan fingerprint density at radius 3 is 2.62 bits per heavy atom. The van der Waals surface area contributed by atoms with Crippen LogP contribution in [0, 0.1) is 6.92 Å². The number of rotatable bonds is 3. The summed E-state index contributed by atoms with van der Waals surface area (Å²) >= 11 is 3.49. The maximum absolute atomic E-state index is 4.49. The van der Waals surface area contributed by atoms with E-state index in [1.165, 1.54) is 11.9 Å². The third-order valence-electron chi connectivity index (χ3n) is 3.08. The van der Waals surface area contributed by atoms with Gasteiger partial charge in [-0.25, -0.2) is 9.67 Å². The fourth-order valence-corrected chi connectivity index (χ4v) is 2.16. The van der Waals surface area contributed by atoms with Gasteiger partial charge in [-0.05, 0) is 48.4 Å². The number of benzene rings is 2. The van der Waals surface area contributed by atoms with Crippen molar-refractivity contribution >= 4 is 27.8 Å². The summed E-state index contributed by atoms with van der Waals surface area (Å²) in [6.07, 6.45) is 5.05. The van der Waals surface area contributed by atoms with Crippen molar-refractivity contribution in [1.82, 2.24) is 14.8 Å². The molecule has 0 aliphatic rings. The van der Waals surface area contributed by atoms with Crippen LogP contribution in [0.25, 0.3) is 5.69 Å². The summed E-state index contributed by atoms with van der Waals surface area (Å²) in [6.45, 7) is 2.05. The monoisotopic (exact) mass is 340 g/mol. The zero-order valence-corrected chi connectivity index (χ0v) is 13.0. The lowest BCUT2D eigenvalue weighted by molar-refractivity contribution is 0.879. The third-order valence-corrected chi connectivity index (χ3v) is 3.97. The Morgan fingerprint density at radius 2 is 1.95 bits per heavy atom.